The van der Waals surface area contributed by atoms with Gasteiger partial charge in [-0.2, -0.15) is 0 Å². The van der Waals surface area contributed by atoms with Gasteiger partial charge in [0.2, 0.25) is 0 Å². The van der Waals surface area contributed by atoms with Crippen molar-refractivity contribution in [3.8, 4) is 0 Å². The van der Waals surface area contributed by atoms with Gasteiger partial charge in [0.25, 0.3) is 0 Å². The fraction of sp³-hybridized carbons (Fsp3) is 0.538. The fourth-order valence-corrected chi connectivity index (χ4v) is 1.77. The van der Waals surface area contributed by atoms with Crippen molar-refractivity contribution >= 4 is 0 Å². The first kappa shape index (κ1) is 13.1. The Labute approximate surface area is 97.5 Å². The third kappa shape index (κ3) is 3.58. The minimum Gasteiger partial charge on any atom is -0.313 e. The SMILES string of the molecule is CNC(CCN(C)C)c1cc(C)ccc1F. The maximum absolute atomic E-state index is 13.7. The monoisotopic (exact) mass is 224 g/mol. The molecule has 0 heterocycles. The zero-order valence-corrected chi connectivity index (χ0v) is 10.5. The Morgan fingerprint density at radius 1 is 1.38 bits per heavy atom. The molecule has 0 spiro atoms. The summed E-state index contributed by atoms with van der Waals surface area (Å²) in [6.07, 6.45) is 0.907. The van der Waals surface area contributed by atoms with Crippen molar-refractivity contribution in [2.45, 2.75) is 19.4 Å². The number of hydrogen-bond donors (Lipinski definition) is 1. The Morgan fingerprint density at radius 3 is 2.62 bits per heavy atom. The van der Waals surface area contributed by atoms with Gasteiger partial charge in [0.05, 0.1) is 0 Å². The second kappa shape index (κ2) is 5.97. The number of nitrogens with zero attached hydrogens (tertiary/aromatic N) is 1. The van der Waals surface area contributed by atoms with Crippen LogP contribution < -0.4 is 5.32 Å². The summed E-state index contributed by atoms with van der Waals surface area (Å²) in [5.41, 5.74) is 1.87. The van der Waals surface area contributed by atoms with Gasteiger partial charge in [-0.05, 0) is 47.1 Å². The molecule has 16 heavy (non-hydrogen) atoms. The largest absolute Gasteiger partial charge is 0.313 e. The van der Waals surface area contributed by atoms with E-state index in [2.05, 4.69) is 10.2 Å². The molecule has 1 unspecified atom stereocenters. The van der Waals surface area contributed by atoms with Gasteiger partial charge >= 0.3 is 0 Å². The highest BCUT2D eigenvalue weighted by atomic mass is 19.1. The standard InChI is InChI=1S/C13H21FN2/c1-10-5-6-12(14)11(9-10)13(15-2)7-8-16(3)4/h5-6,9,13,15H,7-8H2,1-4H3. The minimum absolute atomic E-state index is 0.0855. The van der Waals surface area contributed by atoms with E-state index in [0.717, 1.165) is 24.1 Å². The van der Waals surface area contributed by atoms with Gasteiger partial charge in [0.1, 0.15) is 5.82 Å². The lowest BCUT2D eigenvalue weighted by Crippen LogP contribution is -2.23. The quantitative estimate of drug-likeness (QED) is 0.826. The summed E-state index contributed by atoms with van der Waals surface area (Å²) in [4.78, 5) is 2.11. The summed E-state index contributed by atoms with van der Waals surface area (Å²) in [6.45, 7) is 2.93. The van der Waals surface area contributed by atoms with Gasteiger partial charge in [0, 0.05) is 11.6 Å². The molecule has 0 radical (unpaired) electrons. The summed E-state index contributed by atoms with van der Waals surface area (Å²) in [6, 6.07) is 5.36. The number of aryl methyl sites for hydroxylation is 1. The van der Waals surface area contributed by atoms with E-state index >= 15 is 0 Å². The molecular weight excluding hydrogens is 203 g/mol. The number of hydrogen-bond acceptors (Lipinski definition) is 2. The van der Waals surface area contributed by atoms with Crippen LogP contribution in [-0.2, 0) is 0 Å². The summed E-state index contributed by atoms with van der Waals surface area (Å²) in [5, 5.41) is 3.18. The Kier molecular flexibility index (Phi) is 4.90. The van der Waals surface area contributed by atoms with Gasteiger partial charge in [-0.3, -0.25) is 0 Å². The number of nitrogens with one attached hydrogen (secondary N) is 1. The lowest BCUT2D eigenvalue weighted by atomic mass is 10.0. The molecule has 0 fully saturated rings. The van der Waals surface area contributed by atoms with Gasteiger partial charge in [-0.25, -0.2) is 4.39 Å². The van der Waals surface area contributed by atoms with Crippen LogP contribution in [0.3, 0.4) is 0 Å². The number of benzene rings is 1. The molecule has 1 aromatic rings. The lowest BCUT2D eigenvalue weighted by molar-refractivity contribution is 0.364. The number of halogens is 1. The maximum Gasteiger partial charge on any atom is 0.127 e. The molecule has 0 aliphatic carbocycles. The van der Waals surface area contributed by atoms with Crippen molar-refractivity contribution in [1.29, 1.82) is 0 Å². The van der Waals surface area contributed by atoms with E-state index in [4.69, 9.17) is 0 Å². The molecule has 0 saturated heterocycles. The van der Waals surface area contributed by atoms with Gasteiger partial charge in [0.15, 0.2) is 0 Å². The normalized spacial score (nSPS) is 13.1. The van der Waals surface area contributed by atoms with Crippen molar-refractivity contribution in [1.82, 2.24) is 10.2 Å². The van der Waals surface area contributed by atoms with E-state index in [1.54, 1.807) is 12.1 Å². The van der Waals surface area contributed by atoms with E-state index in [9.17, 15) is 4.39 Å². The predicted octanol–water partition coefficient (Wildman–Crippen LogP) is 2.35. The van der Waals surface area contributed by atoms with Crippen LogP contribution in [0.5, 0.6) is 0 Å². The van der Waals surface area contributed by atoms with Crippen LogP contribution in [0.1, 0.15) is 23.6 Å². The molecule has 1 aromatic carbocycles. The van der Waals surface area contributed by atoms with Crippen LogP contribution >= 0.6 is 0 Å². The van der Waals surface area contributed by atoms with Crippen LogP contribution in [0.4, 0.5) is 4.39 Å². The summed E-state index contributed by atoms with van der Waals surface area (Å²) in [7, 11) is 5.93. The second-order valence-electron chi connectivity index (χ2n) is 4.46. The zero-order chi connectivity index (χ0) is 12.1. The lowest BCUT2D eigenvalue weighted by Gasteiger charge is -2.20. The van der Waals surface area contributed by atoms with Crippen LogP contribution in [0.25, 0.3) is 0 Å². The smallest absolute Gasteiger partial charge is 0.127 e. The zero-order valence-electron chi connectivity index (χ0n) is 10.5. The topological polar surface area (TPSA) is 15.3 Å². The first-order chi connectivity index (χ1) is 7.54. The first-order valence-corrected chi connectivity index (χ1v) is 5.62. The van der Waals surface area contributed by atoms with E-state index in [-0.39, 0.29) is 11.9 Å². The van der Waals surface area contributed by atoms with E-state index < -0.39 is 0 Å². The van der Waals surface area contributed by atoms with Crippen molar-refractivity contribution in [2.24, 2.45) is 0 Å². The summed E-state index contributed by atoms with van der Waals surface area (Å²) in [5.74, 6) is -0.122. The molecule has 3 heteroatoms. The Bertz CT molecular complexity index is 337. The van der Waals surface area contributed by atoms with Gasteiger partial charge in [-0.1, -0.05) is 17.7 Å². The molecule has 0 bridgehead atoms. The second-order valence-corrected chi connectivity index (χ2v) is 4.46. The van der Waals surface area contributed by atoms with Crippen molar-refractivity contribution in [2.75, 3.05) is 27.7 Å². The molecule has 1 atom stereocenters. The minimum atomic E-state index is -0.122. The molecule has 2 nitrogen and oxygen atoms in total. The fourth-order valence-electron chi connectivity index (χ4n) is 1.77. The molecule has 90 valence electrons. The first-order valence-electron chi connectivity index (χ1n) is 5.62. The van der Waals surface area contributed by atoms with Crippen LogP contribution in [0, 0.1) is 12.7 Å². The highest BCUT2D eigenvalue weighted by Gasteiger charge is 2.13. The molecule has 0 aliphatic heterocycles. The van der Waals surface area contributed by atoms with Crippen LogP contribution in [0.2, 0.25) is 0 Å². The molecular formula is C13H21FN2. The van der Waals surface area contributed by atoms with Gasteiger partial charge < -0.3 is 10.2 Å². The molecule has 1 rings (SSSR count). The highest BCUT2D eigenvalue weighted by Crippen LogP contribution is 2.21. The van der Waals surface area contributed by atoms with Crippen molar-refractivity contribution in [3.05, 3.63) is 35.1 Å². The summed E-state index contributed by atoms with van der Waals surface area (Å²) < 4.78 is 13.7. The third-order valence-electron chi connectivity index (χ3n) is 2.74. The van der Waals surface area contributed by atoms with E-state index in [0.29, 0.717) is 0 Å². The average Bonchev–Trinajstić information content (AvgIpc) is 2.23. The van der Waals surface area contributed by atoms with Crippen LogP contribution in [0.15, 0.2) is 18.2 Å². The molecule has 0 aromatic heterocycles. The third-order valence-corrected chi connectivity index (χ3v) is 2.74. The van der Waals surface area contributed by atoms with Crippen molar-refractivity contribution in [3.63, 3.8) is 0 Å². The Hall–Kier alpha value is -0.930. The van der Waals surface area contributed by atoms with E-state index in [1.165, 1.54) is 0 Å². The maximum atomic E-state index is 13.7. The predicted molar refractivity (Wildman–Crippen MR) is 66.1 cm³/mol. The summed E-state index contributed by atoms with van der Waals surface area (Å²) >= 11 is 0. The molecule has 0 aliphatic rings. The van der Waals surface area contributed by atoms with E-state index in [1.807, 2.05) is 34.1 Å². The van der Waals surface area contributed by atoms with Crippen molar-refractivity contribution < 1.29 is 4.39 Å². The average molecular weight is 224 g/mol. The highest BCUT2D eigenvalue weighted by molar-refractivity contribution is 5.26. The Morgan fingerprint density at radius 2 is 2.06 bits per heavy atom. The molecule has 0 amide bonds. The van der Waals surface area contributed by atoms with Gasteiger partial charge in [-0.15, -0.1) is 0 Å². The Balaban J connectivity index is 2.81. The molecule has 1 N–H and O–H groups in total. The molecule has 0 saturated carbocycles. The number of rotatable bonds is 5. The van der Waals surface area contributed by atoms with Crippen LogP contribution in [-0.4, -0.2) is 32.6 Å².